The van der Waals surface area contributed by atoms with Gasteiger partial charge in [0.1, 0.15) is 11.5 Å². The van der Waals surface area contributed by atoms with Crippen molar-refractivity contribution in [3.63, 3.8) is 0 Å². The summed E-state index contributed by atoms with van der Waals surface area (Å²) in [5, 5.41) is 9.25. The molecule has 0 aromatic heterocycles. The molecule has 0 radical (unpaired) electrons. The van der Waals surface area contributed by atoms with Crippen LogP contribution in [0.15, 0.2) is 65.1 Å². The molecule has 2 saturated carbocycles. The van der Waals surface area contributed by atoms with Crippen LogP contribution in [0.3, 0.4) is 0 Å². The van der Waals surface area contributed by atoms with Crippen LogP contribution in [0.1, 0.15) is 75.7 Å². The number of nitrogens with zero attached hydrogens (tertiary/aromatic N) is 1. The van der Waals surface area contributed by atoms with Gasteiger partial charge >= 0.3 is 5.97 Å². The molecule has 2 fully saturated rings. The third kappa shape index (κ3) is 8.67. The monoisotopic (exact) mass is 808 g/mol. The highest BCUT2D eigenvalue weighted by atomic mass is 79.9. The van der Waals surface area contributed by atoms with Crippen molar-refractivity contribution in [2.24, 2.45) is 0 Å². The molecule has 0 bridgehead atoms. The van der Waals surface area contributed by atoms with Gasteiger partial charge in [-0.15, -0.1) is 0 Å². The summed E-state index contributed by atoms with van der Waals surface area (Å²) in [6.07, 6.45) is 3.50. The average molecular weight is 810 g/mol. The summed E-state index contributed by atoms with van der Waals surface area (Å²) in [4.78, 5) is 26.1. The lowest BCUT2D eigenvalue weighted by atomic mass is 9.99. The molecule has 0 heterocycles. The van der Waals surface area contributed by atoms with Crippen LogP contribution in [-0.4, -0.2) is 42.8 Å². The van der Waals surface area contributed by atoms with Crippen molar-refractivity contribution in [1.82, 2.24) is 4.90 Å². The molecule has 6 rings (SSSR count). The van der Waals surface area contributed by atoms with Crippen LogP contribution >= 0.6 is 27.5 Å². The zero-order chi connectivity index (χ0) is 36.6. The van der Waals surface area contributed by atoms with Crippen molar-refractivity contribution < 1.29 is 45.4 Å². The lowest BCUT2D eigenvalue weighted by Crippen LogP contribution is -2.39. The van der Waals surface area contributed by atoms with E-state index in [2.05, 4.69) is 22.0 Å². The Morgan fingerprint density at radius 1 is 0.902 bits per heavy atom. The van der Waals surface area contributed by atoms with E-state index in [0.717, 1.165) is 47.3 Å². The second kappa shape index (κ2) is 14.8. The Kier molecular flexibility index (Phi) is 10.7. The van der Waals surface area contributed by atoms with Crippen LogP contribution < -0.4 is 9.46 Å². The number of halogens is 6. The molecule has 0 spiro atoms. The highest BCUT2D eigenvalue weighted by molar-refractivity contribution is 9.10. The highest BCUT2D eigenvalue weighted by Gasteiger charge is 2.32. The summed E-state index contributed by atoms with van der Waals surface area (Å²) < 4.78 is 94.0. The first-order valence-corrected chi connectivity index (χ1v) is 18.7. The maximum Gasteiger partial charge on any atom is 0.335 e. The minimum atomic E-state index is -4.89. The second-order valence-electron chi connectivity index (χ2n) is 12.6. The Labute approximate surface area is 304 Å². The Bertz CT molecular complexity index is 2100. The molecule has 0 aliphatic heterocycles. The first-order chi connectivity index (χ1) is 24.2. The van der Waals surface area contributed by atoms with E-state index in [1.165, 1.54) is 36.4 Å². The lowest BCUT2D eigenvalue weighted by molar-refractivity contribution is -0.132. The summed E-state index contributed by atoms with van der Waals surface area (Å²) in [5.41, 5.74) is 1.04. The number of aromatic carboxylic acids is 1. The van der Waals surface area contributed by atoms with Gasteiger partial charge in [-0.2, -0.15) is 0 Å². The molecule has 2 aliphatic carbocycles. The third-order valence-corrected chi connectivity index (χ3v) is 11.2. The van der Waals surface area contributed by atoms with Crippen molar-refractivity contribution in [3.8, 4) is 5.75 Å². The largest absolute Gasteiger partial charge is 0.478 e. The van der Waals surface area contributed by atoms with E-state index in [1.807, 2.05) is 12.1 Å². The van der Waals surface area contributed by atoms with Gasteiger partial charge in [0.2, 0.25) is 15.9 Å². The van der Waals surface area contributed by atoms with Crippen molar-refractivity contribution in [1.29, 1.82) is 0 Å². The fourth-order valence-electron chi connectivity index (χ4n) is 5.68. The summed E-state index contributed by atoms with van der Waals surface area (Å²) in [6, 6.07) is 15.9. The molecule has 268 valence electrons. The molecule has 51 heavy (non-hydrogen) atoms. The number of carboxylic acid groups (broad SMARTS) is 1. The fraction of sp³-hybridized carbons (Fsp3) is 0.278. The number of ether oxygens (including phenoxy) is 1. The van der Waals surface area contributed by atoms with Crippen molar-refractivity contribution in [3.05, 3.63) is 127 Å². The molecular formula is C36H30BrClF4N2O6S. The zero-order valence-corrected chi connectivity index (χ0v) is 29.9. The number of benzene rings is 4. The number of carbonyl (C=O) groups excluding carboxylic acids is 1. The number of hydrogen-bond donors (Lipinski definition) is 2. The van der Waals surface area contributed by atoms with E-state index in [-0.39, 0.29) is 28.4 Å². The number of anilines is 1. The zero-order valence-electron chi connectivity index (χ0n) is 26.7. The quantitative estimate of drug-likeness (QED) is 0.0572. The van der Waals surface area contributed by atoms with Crippen LogP contribution in [0.5, 0.6) is 5.75 Å². The van der Waals surface area contributed by atoms with E-state index >= 15 is 8.78 Å². The molecule has 2 aliphatic rings. The Morgan fingerprint density at radius 2 is 1.51 bits per heavy atom. The normalized spacial score (nSPS) is 14.3. The molecule has 15 heteroatoms. The number of carboxylic acids is 1. The van der Waals surface area contributed by atoms with Gasteiger partial charge in [0.05, 0.1) is 16.3 Å². The number of amides is 1. The van der Waals surface area contributed by atoms with Gasteiger partial charge in [-0.1, -0.05) is 41.9 Å². The van der Waals surface area contributed by atoms with Crippen LogP contribution in [0.4, 0.5) is 23.2 Å². The van der Waals surface area contributed by atoms with E-state index in [9.17, 15) is 31.9 Å². The van der Waals surface area contributed by atoms with Gasteiger partial charge < -0.3 is 14.7 Å². The number of sulfonamides is 1. The summed E-state index contributed by atoms with van der Waals surface area (Å²) in [6.45, 7) is -0.545. The number of rotatable bonds is 14. The summed E-state index contributed by atoms with van der Waals surface area (Å²) >= 11 is 9.45. The maximum absolute atomic E-state index is 15.2. The standard InChI is InChI=1S/C36H30BrClF4N2O6S/c37-28-3-1-2-23(30(28)38)15-27-31(39)32(40)33(41)34(42)35(27)43-51(48,49)17-29(45)44(18-50-26-10-8-22(9-11-26)36(46)47)16-19-12-24(20-4-5-20)14-25(13-19)21-6-7-21/h1-3,8-14,20-21,43H,4-7,15-18H2,(H,46,47). The molecule has 0 saturated heterocycles. The molecule has 2 N–H and O–H groups in total. The van der Waals surface area contributed by atoms with E-state index in [4.69, 9.17) is 16.3 Å². The van der Waals surface area contributed by atoms with Gasteiger partial charge in [-0.05, 0) is 106 Å². The molecule has 4 aromatic carbocycles. The number of carbonyl (C=O) groups is 2. The predicted octanol–water partition coefficient (Wildman–Crippen LogP) is 8.51. The summed E-state index contributed by atoms with van der Waals surface area (Å²) in [7, 11) is -4.89. The predicted molar refractivity (Wildman–Crippen MR) is 185 cm³/mol. The minimum absolute atomic E-state index is 0.000569. The maximum atomic E-state index is 15.2. The lowest BCUT2D eigenvalue weighted by Gasteiger charge is -2.24. The summed E-state index contributed by atoms with van der Waals surface area (Å²) in [5.74, 6) is -10.7. The van der Waals surface area contributed by atoms with Gasteiger partial charge in [-0.25, -0.2) is 30.8 Å². The first-order valence-electron chi connectivity index (χ1n) is 15.9. The Hall–Kier alpha value is -4.14. The molecule has 8 nitrogen and oxygen atoms in total. The Morgan fingerprint density at radius 3 is 2.10 bits per heavy atom. The second-order valence-corrected chi connectivity index (χ2v) is 15.6. The molecular weight excluding hydrogens is 780 g/mol. The van der Waals surface area contributed by atoms with Crippen molar-refractivity contribution in [2.45, 2.75) is 50.5 Å². The van der Waals surface area contributed by atoms with E-state index < -0.39 is 75.3 Å². The van der Waals surface area contributed by atoms with Crippen molar-refractivity contribution >= 4 is 55.1 Å². The van der Waals surface area contributed by atoms with Crippen LogP contribution in [-0.2, 0) is 27.8 Å². The van der Waals surface area contributed by atoms with Gasteiger partial charge in [0, 0.05) is 23.0 Å². The van der Waals surface area contributed by atoms with Gasteiger partial charge in [0.25, 0.3) is 0 Å². The van der Waals surface area contributed by atoms with Crippen LogP contribution in [0.2, 0.25) is 5.02 Å². The van der Waals surface area contributed by atoms with E-state index in [0.29, 0.717) is 16.3 Å². The molecule has 0 unspecified atom stereocenters. The third-order valence-electron chi connectivity index (χ3n) is 8.68. The fourth-order valence-corrected chi connectivity index (χ4v) is 7.39. The van der Waals surface area contributed by atoms with Crippen molar-refractivity contribution in [2.75, 3.05) is 17.2 Å². The van der Waals surface area contributed by atoms with Gasteiger partial charge in [-0.3, -0.25) is 9.52 Å². The Balaban J connectivity index is 1.28. The first kappa shape index (κ1) is 36.6. The minimum Gasteiger partial charge on any atom is -0.478 e. The van der Waals surface area contributed by atoms with E-state index in [1.54, 1.807) is 10.8 Å². The highest BCUT2D eigenvalue weighted by Crippen LogP contribution is 2.45. The SMILES string of the molecule is O=C(O)c1ccc(OCN(Cc2cc(C3CC3)cc(C3CC3)c2)C(=O)CS(=O)(=O)Nc2c(F)c(F)c(F)c(F)c2Cc2cccc(Br)c2Cl)cc1. The van der Waals surface area contributed by atoms with Crippen LogP contribution in [0, 0.1) is 23.3 Å². The molecule has 4 aromatic rings. The molecule has 0 atom stereocenters. The number of nitrogens with one attached hydrogen (secondary N) is 1. The smallest absolute Gasteiger partial charge is 0.335 e. The number of hydrogen-bond acceptors (Lipinski definition) is 5. The van der Waals surface area contributed by atoms with Gasteiger partial charge in [0.15, 0.2) is 30.0 Å². The van der Waals surface area contributed by atoms with Crippen LogP contribution in [0.25, 0.3) is 0 Å². The topological polar surface area (TPSA) is 113 Å². The molecule has 1 amide bonds. The average Bonchev–Trinajstić information content (AvgIpc) is 4.02.